The maximum absolute atomic E-state index is 12.8. The molecule has 0 aliphatic heterocycles. The summed E-state index contributed by atoms with van der Waals surface area (Å²) < 4.78 is 31.7. The Hall–Kier alpha value is -2.13. The average Bonchev–Trinajstić information content (AvgIpc) is 3.42. The molecule has 2 aromatic rings. The van der Waals surface area contributed by atoms with Gasteiger partial charge in [0, 0.05) is 23.3 Å². The molecule has 0 atom stereocenters. The summed E-state index contributed by atoms with van der Waals surface area (Å²) in [5, 5.41) is 4.47. The predicted octanol–water partition coefficient (Wildman–Crippen LogP) is 3.04. The van der Waals surface area contributed by atoms with Crippen molar-refractivity contribution in [3.63, 3.8) is 0 Å². The fourth-order valence-corrected chi connectivity index (χ4v) is 5.28. The molecule has 0 saturated heterocycles. The molecule has 0 bridgehead atoms. The molecule has 3 N–H and O–H groups in total. The van der Waals surface area contributed by atoms with E-state index in [1.807, 2.05) is 12.3 Å². The van der Waals surface area contributed by atoms with Crippen LogP contribution in [0.2, 0.25) is 0 Å². The number of anilines is 1. The molecule has 2 aliphatic rings. The van der Waals surface area contributed by atoms with Crippen LogP contribution in [-0.4, -0.2) is 49.3 Å². The Morgan fingerprint density at radius 1 is 1.27 bits per heavy atom. The lowest BCUT2D eigenvalue weighted by Crippen LogP contribution is -2.41. The molecular formula is C21H30N4O4S. The van der Waals surface area contributed by atoms with Crippen LogP contribution in [-0.2, 0) is 14.8 Å². The van der Waals surface area contributed by atoms with E-state index in [2.05, 4.69) is 26.9 Å². The topological polar surface area (TPSA) is 113 Å². The summed E-state index contributed by atoms with van der Waals surface area (Å²) in [5.74, 6) is 0.453. The molecule has 2 heterocycles. The van der Waals surface area contributed by atoms with Crippen LogP contribution in [0.5, 0.6) is 0 Å². The zero-order valence-electron chi connectivity index (χ0n) is 17.5. The van der Waals surface area contributed by atoms with Crippen molar-refractivity contribution in [1.29, 1.82) is 0 Å². The van der Waals surface area contributed by atoms with Crippen LogP contribution in [0.3, 0.4) is 0 Å². The number of nitrogens with one attached hydrogen (secondary N) is 3. The molecule has 0 radical (unpaired) electrons. The van der Waals surface area contributed by atoms with Crippen molar-refractivity contribution in [1.82, 2.24) is 14.7 Å². The number of rotatable bonds is 8. The number of aromatic nitrogens is 2. The number of carbonyl (C=O) groups is 1. The zero-order valence-corrected chi connectivity index (χ0v) is 18.3. The normalized spacial score (nSPS) is 24.7. The molecule has 9 heteroatoms. The molecule has 2 aromatic heterocycles. The van der Waals surface area contributed by atoms with Gasteiger partial charge in [-0.2, -0.15) is 0 Å². The van der Waals surface area contributed by atoms with Crippen LogP contribution < -0.4 is 10.0 Å². The van der Waals surface area contributed by atoms with Gasteiger partial charge in [-0.15, -0.1) is 0 Å². The van der Waals surface area contributed by atoms with Crippen molar-refractivity contribution < 1.29 is 17.9 Å². The maximum Gasteiger partial charge on any atom is 0.341 e. The smallest absolute Gasteiger partial charge is 0.341 e. The summed E-state index contributed by atoms with van der Waals surface area (Å²) in [4.78, 5) is 20.2. The van der Waals surface area contributed by atoms with Gasteiger partial charge < -0.3 is 15.0 Å². The van der Waals surface area contributed by atoms with E-state index in [4.69, 9.17) is 4.74 Å². The number of carbonyl (C=O) groups excluding carboxylic acids is 1. The minimum atomic E-state index is -3.21. The highest BCUT2D eigenvalue weighted by Crippen LogP contribution is 2.38. The molecule has 0 spiro atoms. The van der Waals surface area contributed by atoms with E-state index in [-0.39, 0.29) is 23.2 Å². The maximum atomic E-state index is 12.8. The van der Waals surface area contributed by atoms with Crippen molar-refractivity contribution in [2.24, 2.45) is 11.8 Å². The number of sulfonamides is 1. The molecule has 2 aliphatic carbocycles. The first kappa shape index (κ1) is 21.1. The largest absolute Gasteiger partial charge is 0.462 e. The van der Waals surface area contributed by atoms with Crippen LogP contribution >= 0.6 is 0 Å². The van der Waals surface area contributed by atoms with Crippen LogP contribution in [0.1, 0.15) is 55.8 Å². The monoisotopic (exact) mass is 434 g/mol. The fourth-order valence-electron chi connectivity index (χ4n) is 4.15. The second-order valence-corrected chi connectivity index (χ2v) is 10.9. The first-order valence-corrected chi connectivity index (χ1v) is 12.3. The van der Waals surface area contributed by atoms with E-state index in [0.29, 0.717) is 23.7 Å². The molecule has 0 amide bonds. The SMILES string of the molecule is CNS(=O)(=O)CC1CCC(C)(Nc2c(C(=O)OCC3CC3)cnc3[nH]ccc23)CC1. The zero-order chi connectivity index (χ0) is 21.4. The van der Waals surface area contributed by atoms with Gasteiger partial charge in [-0.05, 0) is 70.4 Å². The van der Waals surface area contributed by atoms with Crippen molar-refractivity contribution in [3.05, 3.63) is 24.0 Å². The first-order valence-electron chi connectivity index (χ1n) is 10.6. The van der Waals surface area contributed by atoms with E-state index in [0.717, 1.165) is 49.6 Å². The Morgan fingerprint density at radius 2 is 2.00 bits per heavy atom. The summed E-state index contributed by atoms with van der Waals surface area (Å²) in [7, 11) is -1.75. The van der Waals surface area contributed by atoms with Gasteiger partial charge in [0.2, 0.25) is 10.0 Å². The van der Waals surface area contributed by atoms with Gasteiger partial charge in [0.15, 0.2) is 0 Å². The van der Waals surface area contributed by atoms with Crippen LogP contribution in [0.25, 0.3) is 11.0 Å². The van der Waals surface area contributed by atoms with Gasteiger partial charge in [0.1, 0.15) is 11.2 Å². The summed E-state index contributed by atoms with van der Waals surface area (Å²) in [6.45, 7) is 2.59. The molecule has 30 heavy (non-hydrogen) atoms. The number of esters is 1. The third-order valence-corrected chi connectivity index (χ3v) is 7.89. The number of H-pyrrole nitrogens is 1. The second kappa shape index (κ2) is 8.19. The van der Waals surface area contributed by atoms with E-state index in [1.54, 1.807) is 6.20 Å². The third-order valence-electron chi connectivity index (χ3n) is 6.36. The number of hydrogen-bond acceptors (Lipinski definition) is 6. The lowest BCUT2D eigenvalue weighted by molar-refractivity contribution is 0.0487. The highest BCUT2D eigenvalue weighted by molar-refractivity contribution is 7.89. The number of hydrogen-bond donors (Lipinski definition) is 3. The van der Waals surface area contributed by atoms with Crippen molar-refractivity contribution in [2.45, 2.75) is 51.0 Å². The molecule has 2 saturated carbocycles. The van der Waals surface area contributed by atoms with E-state index < -0.39 is 10.0 Å². The summed E-state index contributed by atoms with van der Waals surface area (Å²) in [5.41, 5.74) is 1.67. The number of aromatic amines is 1. The van der Waals surface area contributed by atoms with E-state index in [1.165, 1.54) is 7.05 Å². The number of nitrogens with zero attached hydrogens (tertiary/aromatic N) is 1. The van der Waals surface area contributed by atoms with Gasteiger partial charge >= 0.3 is 5.97 Å². The van der Waals surface area contributed by atoms with Gasteiger partial charge in [0.05, 0.1) is 18.0 Å². The molecule has 0 unspecified atom stereocenters. The summed E-state index contributed by atoms with van der Waals surface area (Å²) in [6, 6.07) is 1.91. The van der Waals surface area contributed by atoms with Crippen molar-refractivity contribution >= 4 is 32.7 Å². The van der Waals surface area contributed by atoms with Gasteiger partial charge in [-0.3, -0.25) is 0 Å². The van der Waals surface area contributed by atoms with E-state index in [9.17, 15) is 13.2 Å². The number of ether oxygens (including phenoxy) is 1. The molecule has 2 fully saturated rings. The Kier molecular flexibility index (Phi) is 5.76. The minimum absolute atomic E-state index is 0.144. The third kappa shape index (κ3) is 4.78. The Labute approximate surface area is 177 Å². The Bertz CT molecular complexity index is 1020. The molecule has 4 rings (SSSR count). The van der Waals surface area contributed by atoms with Gasteiger partial charge in [0.25, 0.3) is 0 Å². The first-order chi connectivity index (χ1) is 14.3. The lowest BCUT2D eigenvalue weighted by Gasteiger charge is -2.39. The Morgan fingerprint density at radius 3 is 2.67 bits per heavy atom. The highest BCUT2D eigenvalue weighted by atomic mass is 32.2. The van der Waals surface area contributed by atoms with Crippen LogP contribution in [0.4, 0.5) is 5.69 Å². The van der Waals surface area contributed by atoms with E-state index >= 15 is 0 Å². The molecule has 0 aromatic carbocycles. The van der Waals surface area contributed by atoms with Crippen LogP contribution in [0.15, 0.2) is 18.5 Å². The molecule has 8 nitrogen and oxygen atoms in total. The van der Waals surface area contributed by atoms with Gasteiger partial charge in [-0.1, -0.05) is 0 Å². The summed E-state index contributed by atoms with van der Waals surface area (Å²) in [6.07, 6.45) is 8.89. The molecular weight excluding hydrogens is 404 g/mol. The lowest BCUT2D eigenvalue weighted by atomic mass is 9.78. The fraction of sp³-hybridized carbons (Fsp3) is 0.619. The molecule has 164 valence electrons. The second-order valence-electron chi connectivity index (χ2n) is 8.94. The van der Waals surface area contributed by atoms with Gasteiger partial charge in [-0.25, -0.2) is 22.9 Å². The minimum Gasteiger partial charge on any atom is -0.462 e. The Balaban J connectivity index is 1.51. The standard InChI is InChI=1S/C21H30N4O4S/c1-21(8-5-15(6-9-21)13-30(27,28)22-2)25-18-16-7-10-23-19(16)24-11-17(18)20(26)29-12-14-3-4-14/h7,10-11,14-15,22H,3-6,8-9,12-13H2,1-2H3,(H2,23,24,25). The van der Waals surface area contributed by atoms with Crippen molar-refractivity contribution in [2.75, 3.05) is 24.7 Å². The highest BCUT2D eigenvalue weighted by Gasteiger charge is 2.34. The predicted molar refractivity (Wildman–Crippen MR) is 116 cm³/mol. The average molecular weight is 435 g/mol. The number of fused-ring (bicyclic) bond motifs is 1. The summed E-state index contributed by atoms with van der Waals surface area (Å²) >= 11 is 0. The van der Waals surface area contributed by atoms with Crippen molar-refractivity contribution in [3.8, 4) is 0 Å². The number of pyridine rings is 1. The van der Waals surface area contributed by atoms with Crippen LogP contribution in [0, 0.1) is 11.8 Å². The quantitative estimate of drug-likeness (QED) is 0.551.